The Balaban J connectivity index is 1.64. The average Bonchev–Trinajstić information content (AvgIpc) is 2.95. The fraction of sp³-hybridized carbons (Fsp3) is 0.222. The van der Waals surface area contributed by atoms with Gasteiger partial charge in [-0.15, -0.1) is 0 Å². The third kappa shape index (κ3) is 2.89. The SMILES string of the molecule is O=S(C[C@H]1NCCc2c1[nH]c1ccccc21)c1ccc(Br)cc1. The maximum atomic E-state index is 12.7. The Morgan fingerprint density at radius 3 is 2.74 bits per heavy atom. The summed E-state index contributed by atoms with van der Waals surface area (Å²) in [5, 5.41) is 4.81. The lowest BCUT2D eigenvalue weighted by Crippen LogP contribution is -2.33. The van der Waals surface area contributed by atoms with Crippen molar-refractivity contribution in [3.05, 3.63) is 64.3 Å². The summed E-state index contributed by atoms with van der Waals surface area (Å²) in [4.78, 5) is 4.40. The van der Waals surface area contributed by atoms with Crippen LogP contribution in [-0.4, -0.2) is 21.5 Å². The van der Waals surface area contributed by atoms with E-state index in [1.807, 2.05) is 30.3 Å². The molecular formula is C18H17BrN2OS. The normalized spacial score (nSPS) is 18.7. The maximum absolute atomic E-state index is 12.7. The zero-order chi connectivity index (χ0) is 15.8. The molecule has 1 aromatic heterocycles. The number of nitrogens with one attached hydrogen (secondary N) is 2. The average molecular weight is 389 g/mol. The minimum Gasteiger partial charge on any atom is -0.357 e. The molecule has 2 N–H and O–H groups in total. The van der Waals surface area contributed by atoms with Crippen molar-refractivity contribution in [1.82, 2.24) is 10.3 Å². The molecule has 0 fully saturated rings. The van der Waals surface area contributed by atoms with Crippen molar-refractivity contribution in [2.45, 2.75) is 17.4 Å². The molecule has 0 saturated carbocycles. The van der Waals surface area contributed by atoms with Gasteiger partial charge >= 0.3 is 0 Å². The van der Waals surface area contributed by atoms with Crippen molar-refractivity contribution in [3.8, 4) is 0 Å². The van der Waals surface area contributed by atoms with E-state index >= 15 is 0 Å². The van der Waals surface area contributed by atoms with Crippen LogP contribution >= 0.6 is 15.9 Å². The Morgan fingerprint density at radius 2 is 1.91 bits per heavy atom. The van der Waals surface area contributed by atoms with Gasteiger partial charge in [0.05, 0.1) is 16.8 Å². The summed E-state index contributed by atoms with van der Waals surface area (Å²) in [6.07, 6.45) is 1.01. The second-order valence-electron chi connectivity index (χ2n) is 5.79. The molecule has 0 bridgehead atoms. The number of hydrogen-bond acceptors (Lipinski definition) is 2. The molecule has 3 nitrogen and oxygen atoms in total. The fourth-order valence-corrected chi connectivity index (χ4v) is 4.72. The van der Waals surface area contributed by atoms with Gasteiger partial charge in [0.2, 0.25) is 0 Å². The van der Waals surface area contributed by atoms with Gasteiger partial charge in [-0.05, 0) is 48.9 Å². The minimum atomic E-state index is -1.02. The van der Waals surface area contributed by atoms with E-state index in [1.165, 1.54) is 22.2 Å². The molecule has 2 aromatic carbocycles. The van der Waals surface area contributed by atoms with Crippen LogP contribution in [0.2, 0.25) is 0 Å². The van der Waals surface area contributed by atoms with Crippen LogP contribution in [-0.2, 0) is 17.2 Å². The van der Waals surface area contributed by atoms with E-state index in [2.05, 4.69) is 44.4 Å². The number of fused-ring (bicyclic) bond motifs is 3. The molecule has 3 aromatic rings. The molecule has 2 atom stereocenters. The molecule has 2 heterocycles. The van der Waals surface area contributed by atoms with Crippen LogP contribution in [0.15, 0.2) is 57.9 Å². The van der Waals surface area contributed by atoms with E-state index in [0.29, 0.717) is 5.75 Å². The van der Waals surface area contributed by atoms with E-state index in [-0.39, 0.29) is 6.04 Å². The molecule has 23 heavy (non-hydrogen) atoms. The summed E-state index contributed by atoms with van der Waals surface area (Å²) in [6, 6.07) is 16.2. The van der Waals surface area contributed by atoms with E-state index in [1.54, 1.807) is 0 Å². The van der Waals surface area contributed by atoms with Gasteiger partial charge in [0.15, 0.2) is 0 Å². The number of aromatic nitrogens is 1. The Kier molecular flexibility index (Phi) is 4.09. The summed E-state index contributed by atoms with van der Waals surface area (Å²) in [5.74, 6) is 0.585. The smallest absolute Gasteiger partial charge is 0.0596 e. The number of para-hydroxylation sites is 1. The molecule has 0 spiro atoms. The van der Waals surface area contributed by atoms with Crippen LogP contribution in [0, 0.1) is 0 Å². The van der Waals surface area contributed by atoms with Gasteiger partial charge in [0.25, 0.3) is 0 Å². The minimum absolute atomic E-state index is 0.107. The maximum Gasteiger partial charge on any atom is 0.0596 e. The third-order valence-corrected chi connectivity index (χ3v) is 6.32. The second-order valence-corrected chi connectivity index (χ2v) is 8.20. The Bertz CT molecular complexity index is 872. The van der Waals surface area contributed by atoms with Gasteiger partial charge in [0.1, 0.15) is 0 Å². The highest BCUT2D eigenvalue weighted by Gasteiger charge is 2.25. The predicted molar refractivity (Wildman–Crippen MR) is 98.2 cm³/mol. The summed E-state index contributed by atoms with van der Waals surface area (Å²) in [5.41, 5.74) is 3.74. The van der Waals surface area contributed by atoms with Crippen molar-refractivity contribution in [2.24, 2.45) is 0 Å². The van der Waals surface area contributed by atoms with Gasteiger partial charge < -0.3 is 10.3 Å². The van der Waals surface area contributed by atoms with Gasteiger partial charge in [0, 0.05) is 31.7 Å². The van der Waals surface area contributed by atoms with Gasteiger partial charge in [-0.1, -0.05) is 34.1 Å². The lowest BCUT2D eigenvalue weighted by atomic mass is 10.0. The first-order valence-electron chi connectivity index (χ1n) is 7.69. The number of benzene rings is 2. The van der Waals surface area contributed by atoms with Crippen LogP contribution in [0.5, 0.6) is 0 Å². The molecule has 1 unspecified atom stereocenters. The highest BCUT2D eigenvalue weighted by Crippen LogP contribution is 2.31. The largest absolute Gasteiger partial charge is 0.357 e. The Morgan fingerprint density at radius 1 is 1.13 bits per heavy atom. The molecule has 0 amide bonds. The zero-order valence-corrected chi connectivity index (χ0v) is 14.9. The topological polar surface area (TPSA) is 44.9 Å². The molecule has 0 radical (unpaired) electrons. The molecule has 0 saturated heterocycles. The van der Waals surface area contributed by atoms with Crippen LogP contribution in [0.3, 0.4) is 0 Å². The summed E-state index contributed by atoms with van der Waals surface area (Å²) < 4.78 is 13.7. The quantitative estimate of drug-likeness (QED) is 0.713. The standard InChI is InChI=1S/C18H17BrN2OS/c19-12-5-7-13(8-6-12)23(22)11-17-18-15(9-10-20-17)14-3-1-2-4-16(14)21-18/h1-8,17,20-21H,9-11H2/t17-,23?/m1/s1. The number of H-pyrrole nitrogens is 1. The highest BCUT2D eigenvalue weighted by molar-refractivity contribution is 9.10. The zero-order valence-electron chi connectivity index (χ0n) is 12.5. The lowest BCUT2D eigenvalue weighted by Gasteiger charge is -2.24. The number of halogens is 1. The van der Waals surface area contributed by atoms with E-state index in [9.17, 15) is 4.21 Å². The first-order valence-corrected chi connectivity index (χ1v) is 9.80. The van der Waals surface area contributed by atoms with Crippen molar-refractivity contribution in [3.63, 3.8) is 0 Å². The van der Waals surface area contributed by atoms with Crippen LogP contribution in [0.4, 0.5) is 0 Å². The molecular weight excluding hydrogens is 372 g/mol. The predicted octanol–water partition coefficient (Wildman–Crippen LogP) is 3.93. The van der Waals surface area contributed by atoms with Crippen molar-refractivity contribution >= 4 is 37.6 Å². The first-order chi connectivity index (χ1) is 11.2. The summed E-state index contributed by atoms with van der Waals surface area (Å²) >= 11 is 3.42. The van der Waals surface area contributed by atoms with E-state index in [4.69, 9.17) is 0 Å². The molecule has 118 valence electrons. The van der Waals surface area contributed by atoms with E-state index in [0.717, 1.165) is 22.3 Å². The third-order valence-electron chi connectivity index (χ3n) is 4.36. The number of rotatable bonds is 3. The number of hydrogen-bond donors (Lipinski definition) is 2. The van der Waals surface area contributed by atoms with Crippen LogP contribution < -0.4 is 5.32 Å². The summed E-state index contributed by atoms with van der Waals surface area (Å²) in [7, 11) is -1.02. The first kappa shape index (κ1) is 15.1. The van der Waals surface area contributed by atoms with Gasteiger partial charge in [-0.25, -0.2) is 0 Å². The summed E-state index contributed by atoms with van der Waals surface area (Å²) in [6.45, 7) is 0.928. The Hall–Kier alpha value is -1.43. The van der Waals surface area contributed by atoms with Crippen molar-refractivity contribution in [1.29, 1.82) is 0 Å². The van der Waals surface area contributed by atoms with Crippen LogP contribution in [0.1, 0.15) is 17.3 Å². The van der Waals surface area contributed by atoms with Crippen molar-refractivity contribution < 1.29 is 4.21 Å². The molecule has 4 rings (SSSR count). The van der Waals surface area contributed by atoms with Gasteiger partial charge in [-0.2, -0.15) is 0 Å². The second kappa shape index (κ2) is 6.23. The van der Waals surface area contributed by atoms with Crippen LogP contribution in [0.25, 0.3) is 10.9 Å². The van der Waals surface area contributed by atoms with Crippen molar-refractivity contribution in [2.75, 3.05) is 12.3 Å². The fourth-order valence-electron chi connectivity index (χ4n) is 3.24. The molecule has 1 aliphatic heterocycles. The molecule has 5 heteroatoms. The highest BCUT2D eigenvalue weighted by atomic mass is 79.9. The van der Waals surface area contributed by atoms with Gasteiger partial charge in [-0.3, -0.25) is 4.21 Å². The van der Waals surface area contributed by atoms with E-state index < -0.39 is 10.8 Å². The monoisotopic (exact) mass is 388 g/mol. The lowest BCUT2D eigenvalue weighted by molar-refractivity contribution is 0.534. The molecule has 0 aliphatic carbocycles. The molecule has 1 aliphatic rings. The number of aromatic amines is 1. The Labute approximate surface area is 146 Å².